The highest BCUT2D eigenvalue weighted by atomic mass is 16.7. The monoisotopic (exact) mass is 234 g/mol. The molecule has 0 N–H and O–H groups in total. The summed E-state index contributed by atoms with van der Waals surface area (Å²) in [5, 5.41) is 0. The second-order valence-corrected chi connectivity index (χ2v) is 4.77. The van der Waals surface area contributed by atoms with Crippen molar-refractivity contribution < 1.29 is 9.47 Å². The second kappa shape index (κ2) is 4.27. The van der Waals surface area contributed by atoms with Crippen molar-refractivity contribution in [1.29, 1.82) is 0 Å². The van der Waals surface area contributed by atoms with Crippen LogP contribution in [0.2, 0.25) is 0 Å². The molecule has 0 atom stereocenters. The standard InChI is InChI=1S/C13H18N2O2/c1-11-4-2-5-12(14-11)15-7-3-6-13(10-15)16-8-9-17-13/h2,4-5H,3,6-10H2,1H3. The number of nitrogens with zero attached hydrogens (tertiary/aromatic N) is 2. The predicted molar refractivity (Wildman–Crippen MR) is 65.1 cm³/mol. The number of pyridine rings is 1. The molecule has 2 fully saturated rings. The molecule has 0 aromatic carbocycles. The van der Waals surface area contributed by atoms with Crippen molar-refractivity contribution in [3.63, 3.8) is 0 Å². The van der Waals surface area contributed by atoms with E-state index < -0.39 is 0 Å². The zero-order valence-corrected chi connectivity index (χ0v) is 10.2. The molecule has 92 valence electrons. The third-order valence-corrected chi connectivity index (χ3v) is 3.43. The van der Waals surface area contributed by atoms with E-state index in [-0.39, 0.29) is 5.79 Å². The molecule has 3 heterocycles. The molecule has 1 aromatic rings. The van der Waals surface area contributed by atoms with E-state index in [1.165, 1.54) is 0 Å². The highest BCUT2D eigenvalue weighted by Gasteiger charge is 2.41. The molecule has 0 saturated carbocycles. The number of ether oxygens (including phenoxy) is 2. The number of aryl methyl sites for hydroxylation is 1. The average Bonchev–Trinajstić information content (AvgIpc) is 2.77. The van der Waals surface area contributed by atoms with Crippen molar-refractivity contribution in [3.8, 4) is 0 Å². The van der Waals surface area contributed by atoms with E-state index in [2.05, 4.69) is 22.0 Å². The third kappa shape index (κ3) is 2.15. The summed E-state index contributed by atoms with van der Waals surface area (Å²) in [7, 11) is 0. The van der Waals surface area contributed by atoms with Crippen LogP contribution in [0.25, 0.3) is 0 Å². The minimum Gasteiger partial charge on any atom is -0.351 e. The third-order valence-electron chi connectivity index (χ3n) is 3.43. The number of anilines is 1. The SMILES string of the molecule is Cc1cccc(N2CCCC3(C2)OCCO3)n1. The molecule has 0 unspecified atom stereocenters. The molecule has 0 amide bonds. The summed E-state index contributed by atoms with van der Waals surface area (Å²) in [4.78, 5) is 6.83. The zero-order chi connectivity index (χ0) is 11.7. The van der Waals surface area contributed by atoms with E-state index >= 15 is 0 Å². The summed E-state index contributed by atoms with van der Waals surface area (Å²) in [6, 6.07) is 6.13. The Bertz CT molecular complexity index is 402. The van der Waals surface area contributed by atoms with Crippen molar-refractivity contribution in [1.82, 2.24) is 4.98 Å². The number of piperidine rings is 1. The Labute approximate surface area is 102 Å². The lowest BCUT2D eigenvalue weighted by atomic mass is 10.0. The largest absolute Gasteiger partial charge is 0.351 e. The van der Waals surface area contributed by atoms with Crippen molar-refractivity contribution >= 4 is 5.82 Å². The molecule has 0 bridgehead atoms. The molecular weight excluding hydrogens is 216 g/mol. The van der Waals surface area contributed by atoms with E-state index in [0.717, 1.165) is 50.7 Å². The van der Waals surface area contributed by atoms with Gasteiger partial charge in [-0.2, -0.15) is 0 Å². The van der Waals surface area contributed by atoms with Gasteiger partial charge in [0, 0.05) is 18.7 Å². The molecule has 1 spiro atoms. The lowest BCUT2D eigenvalue weighted by Gasteiger charge is -2.39. The Morgan fingerprint density at radius 2 is 2.12 bits per heavy atom. The normalized spacial score (nSPS) is 23.2. The summed E-state index contributed by atoms with van der Waals surface area (Å²) in [6.45, 7) is 5.28. The lowest BCUT2D eigenvalue weighted by molar-refractivity contribution is -0.161. The fraction of sp³-hybridized carbons (Fsp3) is 0.615. The van der Waals surface area contributed by atoms with Gasteiger partial charge in [0.2, 0.25) is 0 Å². The van der Waals surface area contributed by atoms with Gasteiger partial charge in [0.1, 0.15) is 5.82 Å². The van der Waals surface area contributed by atoms with Gasteiger partial charge >= 0.3 is 0 Å². The molecule has 0 aliphatic carbocycles. The Morgan fingerprint density at radius 1 is 1.29 bits per heavy atom. The smallest absolute Gasteiger partial charge is 0.186 e. The molecule has 3 rings (SSSR count). The van der Waals surface area contributed by atoms with Crippen molar-refractivity contribution in [2.75, 3.05) is 31.2 Å². The number of rotatable bonds is 1. The number of hydrogen-bond donors (Lipinski definition) is 0. The molecular formula is C13H18N2O2. The van der Waals surface area contributed by atoms with Crippen LogP contribution in [0.1, 0.15) is 18.5 Å². The zero-order valence-electron chi connectivity index (χ0n) is 10.2. The highest BCUT2D eigenvalue weighted by molar-refractivity contribution is 5.40. The first-order valence-electron chi connectivity index (χ1n) is 6.24. The molecule has 0 radical (unpaired) electrons. The molecule has 17 heavy (non-hydrogen) atoms. The Hall–Kier alpha value is -1.13. The van der Waals surface area contributed by atoms with Crippen LogP contribution in [0.15, 0.2) is 18.2 Å². The van der Waals surface area contributed by atoms with Crippen LogP contribution in [0, 0.1) is 6.92 Å². The van der Waals surface area contributed by atoms with E-state index in [0.29, 0.717) is 0 Å². The van der Waals surface area contributed by atoms with Gasteiger partial charge in [0.15, 0.2) is 5.79 Å². The molecule has 1 aromatic heterocycles. The maximum Gasteiger partial charge on any atom is 0.186 e. The van der Waals surface area contributed by atoms with Gasteiger partial charge in [-0.15, -0.1) is 0 Å². The first-order chi connectivity index (χ1) is 8.27. The van der Waals surface area contributed by atoms with Gasteiger partial charge in [0.25, 0.3) is 0 Å². The number of aromatic nitrogens is 1. The van der Waals surface area contributed by atoms with Crippen LogP contribution in [0.3, 0.4) is 0 Å². The molecule has 2 aliphatic heterocycles. The van der Waals surface area contributed by atoms with Crippen LogP contribution in [-0.4, -0.2) is 37.1 Å². The fourth-order valence-corrected chi connectivity index (χ4v) is 2.62. The quantitative estimate of drug-likeness (QED) is 0.741. The van der Waals surface area contributed by atoms with Gasteiger partial charge in [-0.05, 0) is 25.5 Å². The van der Waals surface area contributed by atoms with Crippen molar-refractivity contribution in [2.24, 2.45) is 0 Å². The molecule has 4 heteroatoms. The van der Waals surface area contributed by atoms with Crippen LogP contribution < -0.4 is 4.90 Å². The topological polar surface area (TPSA) is 34.6 Å². The molecule has 2 aliphatic rings. The summed E-state index contributed by atoms with van der Waals surface area (Å²) < 4.78 is 11.5. The summed E-state index contributed by atoms with van der Waals surface area (Å²) in [6.07, 6.45) is 2.09. The van der Waals surface area contributed by atoms with E-state index in [4.69, 9.17) is 9.47 Å². The molecule has 2 saturated heterocycles. The Kier molecular flexibility index (Phi) is 2.76. The fourth-order valence-electron chi connectivity index (χ4n) is 2.62. The number of hydrogen-bond acceptors (Lipinski definition) is 4. The predicted octanol–water partition coefficient (Wildman–Crippen LogP) is 1.73. The lowest BCUT2D eigenvalue weighted by Crippen LogP contribution is -2.49. The maximum absolute atomic E-state index is 5.77. The maximum atomic E-state index is 5.77. The van der Waals surface area contributed by atoms with Gasteiger partial charge in [-0.3, -0.25) is 0 Å². The van der Waals surface area contributed by atoms with Crippen LogP contribution >= 0.6 is 0 Å². The minimum absolute atomic E-state index is 0.371. The van der Waals surface area contributed by atoms with Gasteiger partial charge < -0.3 is 14.4 Å². The first kappa shape index (κ1) is 11.0. The van der Waals surface area contributed by atoms with Gasteiger partial charge in [0.05, 0.1) is 19.8 Å². The van der Waals surface area contributed by atoms with E-state index in [1.54, 1.807) is 0 Å². The molecule has 4 nitrogen and oxygen atoms in total. The van der Waals surface area contributed by atoms with Gasteiger partial charge in [-0.1, -0.05) is 6.07 Å². The highest BCUT2D eigenvalue weighted by Crippen LogP contribution is 2.31. The Morgan fingerprint density at radius 3 is 2.88 bits per heavy atom. The van der Waals surface area contributed by atoms with E-state index in [9.17, 15) is 0 Å². The summed E-state index contributed by atoms with van der Waals surface area (Å²) >= 11 is 0. The van der Waals surface area contributed by atoms with Gasteiger partial charge in [-0.25, -0.2) is 4.98 Å². The van der Waals surface area contributed by atoms with Crippen molar-refractivity contribution in [2.45, 2.75) is 25.6 Å². The van der Waals surface area contributed by atoms with Crippen molar-refractivity contribution in [3.05, 3.63) is 23.9 Å². The van der Waals surface area contributed by atoms with E-state index in [1.807, 2.05) is 13.0 Å². The Balaban J connectivity index is 1.79. The van der Waals surface area contributed by atoms with Crippen LogP contribution in [0.5, 0.6) is 0 Å². The minimum atomic E-state index is -0.371. The summed E-state index contributed by atoms with van der Waals surface area (Å²) in [5.74, 6) is 0.659. The van der Waals surface area contributed by atoms with Crippen LogP contribution in [0.4, 0.5) is 5.82 Å². The second-order valence-electron chi connectivity index (χ2n) is 4.77. The summed E-state index contributed by atoms with van der Waals surface area (Å²) in [5.41, 5.74) is 1.05. The average molecular weight is 234 g/mol. The first-order valence-corrected chi connectivity index (χ1v) is 6.24. The van der Waals surface area contributed by atoms with Crippen LogP contribution in [-0.2, 0) is 9.47 Å².